The first-order chi connectivity index (χ1) is 8.16. The fraction of sp³-hybridized carbons (Fsp3) is 0.200. The Morgan fingerprint density at radius 2 is 2.12 bits per heavy atom. The number of nitrogens with zero attached hydrogens (tertiary/aromatic N) is 3. The Labute approximate surface area is 96.1 Å². The van der Waals surface area contributed by atoms with Crippen LogP contribution in [0.1, 0.15) is 0 Å². The van der Waals surface area contributed by atoms with Crippen molar-refractivity contribution in [1.82, 2.24) is 15.0 Å². The van der Waals surface area contributed by atoms with Crippen molar-refractivity contribution < 1.29 is 14.3 Å². The average molecular weight is 234 g/mol. The number of esters is 1. The van der Waals surface area contributed by atoms with Gasteiger partial charge in [-0.3, -0.25) is 9.59 Å². The largest absolute Gasteiger partial charge is 0.454 e. The van der Waals surface area contributed by atoms with Crippen LogP contribution in [0.25, 0.3) is 11.0 Å². The highest BCUT2D eigenvalue weighted by Crippen LogP contribution is 2.09. The number of hydrogen-bond acceptors (Lipinski definition) is 5. The first-order valence-corrected chi connectivity index (χ1v) is 4.89. The van der Waals surface area contributed by atoms with Crippen LogP contribution in [0.5, 0.6) is 0 Å². The van der Waals surface area contributed by atoms with Gasteiger partial charge in [0.15, 0.2) is 6.61 Å². The van der Waals surface area contributed by atoms with Gasteiger partial charge in [-0.25, -0.2) is 4.68 Å². The lowest BCUT2D eigenvalue weighted by Crippen LogP contribution is -2.23. The minimum atomic E-state index is -0.693. The van der Waals surface area contributed by atoms with Gasteiger partial charge in [-0.05, 0) is 12.1 Å². The molecule has 0 atom stereocenters. The summed E-state index contributed by atoms with van der Waals surface area (Å²) in [7, 11) is 0. The second-order valence-corrected chi connectivity index (χ2v) is 3.36. The molecule has 0 aliphatic heterocycles. The summed E-state index contributed by atoms with van der Waals surface area (Å²) in [6, 6.07) is 7.22. The summed E-state index contributed by atoms with van der Waals surface area (Å²) < 4.78 is 6.03. The number of primary amides is 1. The van der Waals surface area contributed by atoms with Crippen molar-refractivity contribution in [3.63, 3.8) is 0 Å². The van der Waals surface area contributed by atoms with Crippen molar-refractivity contribution in [2.45, 2.75) is 6.54 Å². The van der Waals surface area contributed by atoms with Gasteiger partial charge in [-0.15, -0.1) is 5.10 Å². The molecule has 2 aromatic rings. The molecule has 2 rings (SSSR count). The van der Waals surface area contributed by atoms with Crippen LogP contribution >= 0.6 is 0 Å². The monoisotopic (exact) mass is 234 g/mol. The maximum atomic E-state index is 11.3. The Bertz CT molecular complexity index is 563. The van der Waals surface area contributed by atoms with E-state index in [9.17, 15) is 9.59 Å². The van der Waals surface area contributed by atoms with Crippen molar-refractivity contribution in [3.8, 4) is 0 Å². The molecular weight excluding hydrogens is 224 g/mol. The molecule has 0 aliphatic carbocycles. The standard InChI is InChI=1S/C10H10N4O3/c11-9(15)6-17-10(16)5-14-8-4-2-1-3-7(8)12-13-14/h1-4H,5-6H2,(H2,11,15). The van der Waals surface area contributed by atoms with Crippen LogP contribution in [0.3, 0.4) is 0 Å². The summed E-state index contributed by atoms with van der Waals surface area (Å²) in [5, 5.41) is 7.69. The smallest absolute Gasteiger partial charge is 0.328 e. The molecule has 0 saturated heterocycles. The minimum absolute atomic E-state index is 0.103. The third-order valence-electron chi connectivity index (χ3n) is 2.07. The molecule has 0 spiro atoms. The normalized spacial score (nSPS) is 10.4. The van der Waals surface area contributed by atoms with Crippen LogP contribution in [0, 0.1) is 0 Å². The SMILES string of the molecule is NC(=O)COC(=O)Cn1nnc2ccccc21. The first kappa shape index (κ1) is 11.1. The Hall–Kier alpha value is -2.44. The Kier molecular flexibility index (Phi) is 2.99. The molecule has 1 heterocycles. The Morgan fingerprint density at radius 3 is 2.88 bits per heavy atom. The number of carbonyl (C=O) groups excluding carboxylic acids is 2. The number of rotatable bonds is 4. The van der Waals surface area contributed by atoms with Crippen molar-refractivity contribution in [3.05, 3.63) is 24.3 Å². The number of para-hydroxylation sites is 1. The summed E-state index contributed by atoms with van der Waals surface area (Å²) in [6.45, 7) is -0.529. The third-order valence-corrected chi connectivity index (χ3v) is 2.07. The second-order valence-electron chi connectivity index (χ2n) is 3.36. The number of benzene rings is 1. The van der Waals surface area contributed by atoms with Crippen LogP contribution in [0.2, 0.25) is 0 Å². The van der Waals surface area contributed by atoms with E-state index in [0.29, 0.717) is 5.52 Å². The van der Waals surface area contributed by atoms with Gasteiger partial charge < -0.3 is 10.5 Å². The molecule has 17 heavy (non-hydrogen) atoms. The number of ether oxygens (including phenoxy) is 1. The summed E-state index contributed by atoms with van der Waals surface area (Å²) in [4.78, 5) is 21.8. The van der Waals surface area contributed by atoms with Crippen LogP contribution in [-0.2, 0) is 20.9 Å². The summed E-state index contributed by atoms with van der Waals surface area (Å²) in [6.07, 6.45) is 0. The van der Waals surface area contributed by atoms with Crippen molar-refractivity contribution in [2.24, 2.45) is 5.73 Å². The Morgan fingerprint density at radius 1 is 1.35 bits per heavy atom. The number of carbonyl (C=O) groups is 2. The highest BCUT2D eigenvalue weighted by Gasteiger charge is 2.10. The van der Waals surface area contributed by atoms with E-state index < -0.39 is 18.5 Å². The van der Waals surface area contributed by atoms with E-state index in [1.54, 1.807) is 12.1 Å². The minimum Gasteiger partial charge on any atom is -0.454 e. The van der Waals surface area contributed by atoms with Crippen LogP contribution in [0.15, 0.2) is 24.3 Å². The molecule has 0 radical (unpaired) electrons. The van der Waals surface area contributed by atoms with E-state index in [1.165, 1.54) is 4.68 Å². The molecule has 7 heteroatoms. The topological polar surface area (TPSA) is 100 Å². The first-order valence-electron chi connectivity index (χ1n) is 4.89. The van der Waals surface area contributed by atoms with Crippen LogP contribution < -0.4 is 5.73 Å². The number of fused-ring (bicyclic) bond motifs is 1. The number of amides is 1. The highest BCUT2D eigenvalue weighted by atomic mass is 16.5. The van der Waals surface area contributed by atoms with Gasteiger partial charge in [0, 0.05) is 0 Å². The molecule has 2 N–H and O–H groups in total. The lowest BCUT2D eigenvalue weighted by molar-refractivity contribution is -0.148. The number of hydrogen-bond donors (Lipinski definition) is 1. The van der Waals surface area contributed by atoms with Gasteiger partial charge in [0.2, 0.25) is 0 Å². The maximum Gasteiger partial charge on any atom is 0.328 e. The molecule has 1 aromatic heterocycles. The van der Waals surface area contributed by atoms with Gasteiger partial charge in [0.1, 0.15) is 12.1 Å². The van der Waals surface area contributed by atoms with Crippen molar-refractivity contribution >= 4 is 22.9 Å². The number of nitrogens with two attached hydrogens (primary N) is 1. The predicted molar refractivity (Wildman–Crippen MR) is 57.7 cm³/mol. The van der Waals surface area contributed by atoms with Gasteiger partial charge in [-0.1, -0.05) is 17.3 Å². The van der Waals surface area contributed by atoms with E-state index in [4.69, 9.17) is 5.73 Å². The molecule has 0 saturated carbocycles. The maximum absolute atomic E-state index is 11.3. The molecule has 1 aromatic carbocycles. The zero-order valence-corrected chi connectivity index (χ0v) is 8.87. The molecule has 88 valence electrons. The average Bonchev–Trinajstić information content (AvgIpc) is 2.70. The quantitative estimate of drug-likeness (QED) is 0.716. The van der Waals surface area contributed by atoms with Crippen molar-refractivity contribution in [2.75, 3.05) is 6.61 Å². The van der Waals surface area contributed by atoms with E-state index in [-0.39, 0.29) is 6.54 Å². The van der Waals surface area contributed by atoms with Gasteiger partial charge in [0.25, 0.3) is 5.91 Å². The third kappa shape index (κ3) is 2.57. The molecule has 0 bridgehead atoms. The molecule has 1 amide bonds. The molecule has 0 unspecified atom stereocenters. The van der Waals surface area contributed by atoms with E-state index in [0.717, 1.165) is 5.52 Å². The van der Waals surface area contributed by atoms with Gasteiger partial charge in [-0.2, -0.15) is 0 Å². The summed E-state index contributed by atoms with van der Waals surface area (Å²) in [5.41, 5.74) is 6.27. The van der Waals surface area contributed by atoms with Crippen LogP contribution in [-0.4, -0.2) is 33.5 Å². The second kappa shape index (κ2) is 4.60. The Balaban J connectivity index is 2.08. The highest BCUT2D eigenvalue weighted by molar-refractivity contribution is 5.80. The molecule has 7 nitrogen and oxygen atoms in total. The molecular formula is C10H10N4O3. The van der Waals surface area contributed by atoms with Crippen molar-refractivity contribution in [1.29, 1.82) is 0 Å². The van der Waals surface area contributed by atoms with E-state index >= 15 is 0 Å². The van der Waals surface area contributed by atoms with E-state index in [2.05, 4.69) is 15.0 Å². The van der Waals surface area contributed by atoms with E-state index in [1.807, 2.05) is 12.1 Å². The number of aromatic nitrogens is 3. The lowest BCUT2D eigenvalue weighted by Gasteiger charge is -2.02. The van der Waals surface area contributed by atoms with Gasteiger partial charge in [0.05, 0.1) is 5.52 Å². The van der Waals surface area contributed by atoms with Crippen LogP contribution in [0.4, 0.5) is 0 Å². The predicted octanol–water partition coefficient (Wildman–Crippen LogP) is -0.540. The molecule has 0 aliphatic rings. The zero-order chi connectivity index (χ0) is 12.3. The fourth-order valence-corrected chi connectivity index (χ4v) is 1.35. The fourth-order valence-electron chi connectivity index (χ4n) is 1.35. The van der Waals surface area contributed by atoms with Gasteiger partial charge >= 0.3 is 5.97 Å². The lowest BCUT2D eigenvalue weighted by atomic mass is 10.3. The summed E-state index contributed by atoms with van der Waals surface area (Å²) in [5.74, 6) is -1.28. The summed E-state index contributed by atoms with van der Waals surface area (Å²) >= 11 is 0. The molecule has 0 fully saturated rings. The zero-order valence-electron chi connectivity index (χ0n) is 8.87.